The number of carbonyl (C=O) groups excluding carboxylic acids is 2. The van der Waals surface area contributed by atoms with Crippen LogP contribution in [0.1, 0.15) is 37.3 Å². The van der Waals surface area contributed by atoms with E-state index in [1.54, 1.807) is 0 Å². The van der Waals surface area contributed by atoms with Crippen LogP contribution in [0.25, 0.3) is 0 Å². The van der Waals surface area contributed by atoms with E-state index >= 15 is 0 Å². The Morgan fingerprint density at radius 1 is 1.48 bits per heavy atom. The van der Waals surface area contributed by atoms with Gasteiger partial charge in [-0.25, -0.2) is 0 Å². The Bertz CT molecular complexity index is 687. The molecule has 2 saturated heterocycles. The van der Waals surface area contributed by atoms with Gasteiger partial charge in [0.2, 0.25) is 5.54 Å². The molecule has 0 radical (unpaired) electrons. The second-order valence-electron chi connectivity index (χ2n) is 6.94. The molecule has 4 rings (SSSR count). The maximum absolute atomic E-state index is 13.0. The topological polar surface area (TPSA) is 59.8 Å². The molecule has 5 heteroatoms. The molecule has 122 valence electrons. The maximum atomic E-state index is 13.0. The van der Waals surface area contributed by atoms with E-state index in [1.807, 2.05) is 26.0 Å². The molecular formula is C18H23N2O3+. The largest absolute Gasteiger partial charge is 0.466 e. The van der Waals surface area contributed by atoms with Crippen molar-refractivity contribution in [1.82, 2.24) is 0 Å². The lowest BCUT2D eigenvalue weighted by Crippen LogP contribution is -3.19. The number of anilines is 1. The van der Waals surface area contributed by atoms with Crippen LogP contribution >= 0.6 is 0 Å². The van der Waals surface area contributed by atoms with Gasteiger partial charge in [0.1, 0.15) is 12.0 Å². The first-order valence-corrected chi connectivity index (χ1v) is 8.54. The van der Waals surface area contributed by atoms with Crippen LogP contribution in [0.5, 0.6) is 0 Å². The van der Waals surface area contributed by atoms with Crippen molar-refractivity contribution in [1.29, 1.82) is 0 Å². The second-order valence-corrected chi connectivity index (χ2v) is 6.94. The number of rotatable bonds is 2. The highest BCUT2D eigenvalue weighted by Gasteiger charge is 2.67. The number of nitrogens with one attached hydrogen (secondary N) is 2. The summed E-state index contributed by atoms with van der Waals surface area (Å²) in [4.78, 5) is 26.7. The molecule has 2 N–H and O–H groups in total. The molecule has 1 spiro atoms. The van der Waals surface area contributed by atoms with E-state index < -0.39 is 5.54 Å². The van der Waals surface area contributed by atoms with E-state index in [2.05, 4.69) is 11.4 Å². The van der Waals surface area contributed by atoms with Gasteiger partial charge in [-0.3, -0.25) is 9.59 Å². The summed E-state index contributed by atoms with van der Waals surface area (Å²) in [5.41, 5.74) is 2.48. The Morgan fingerprint density at radius 2 is 2.30 bits per heavy atom. The third-order valence-electron chi connectivity index (χ3n) is 5.92. The Labute approximate surface area is 136 Å². The molecule has 0 saturated carbocycles. The number of para-hydroxylation sites is 1. The van der Waals surface area contributed by atoms with Gasteiger partial charge in [0.15, 0.2) is 0 Å². The molecule has 1 aromatic carbocycles. The fourth-order valence-electron chi connectivity index (χ4n) is 5.00. The number of carbonyl (C=O) groups is 2. The number of benzene rings is 1. The first kappa shape index (κ1) is 14.7. The van der Waals surface area contributed by atoms with Gasteiger partial charge in [0.05, 0.1) is 18.8 Å². The van der Waals surface area contributed by atoms with Crippen molar-refractivity contribution in [3.8, 4) is 0 Å². The number of aryl methyl sites for hydroxylation is 1. The summed E-state index contributed by atoms with van der Waals surface area (Å²) < 4.78 is 5.30. The van der Waals surface area contributed by atoms with Gasteiger partial charge >= 0.3 is 5.97 Å². The van der Waals surface area contributed by atoms with Crippen molar-refractivity contribution in [3.63, 3.8) is 0 Å². The molecule has 0 bridgehead atoms. The number of hydrogen-bond donors (Lipinski definition) is 2. The highest BCUT2D eigenvalue weighted by molar-refractivity contribution is 6.06. The highest BCUT2D eigenvalue weighted by Crippen LogP contribution is 2.45. The lowest BCUT2D eigenvalue weighted by atomic mass is 9.84. The fourth-order valence-corrected chi connectivity index (χ4v) is 5.00. The molecule has 23 heavy (non-hydrogen) atoms. The molecule has 0 aliphatic carbocycles. The Balaban J connectivity index is 1.81. The molecule has 4 atom stereocenters. The monoisotopic (exact) mass is 315 g/mol. The quantitative estimate of drug-likeness (QED) is 0.793. The van der Waals surface area contributed by atoms with Gasteiger partial charge in [-0.15, -0.1) is 0 Å². The summed E-state index contributed by atoms with van der Waals surface area (Å²) in [6.07, 6.45) is 2.62. The van der Waals surface area contributed by atoms with E-state index in [0.717, 1.165) is 36.2 Å². The molecule has 3 aliphatic heterocycles. The SMILES string of the molecule is CCOC(=O)[C@H]1C[C@]2(C(=O)Nc3c(C)cccc32)[NH+]2CCC[C@H]12. The summed E-state index contributed by atoms with van der Waals surface area (Å²) in [5.74, 6) is -0.261. The number of ether oxygens (including phenoxy) is 1. The summed E-state index contributed by atoms with van der Waals surface area (Å²) in [7, 11) is 0. The van der Waals surface area contributed by atoms with E-state index in [9.17, 15) is 9.59 Å². The summed E-state index contributed by atoms with van der Waals surface area (Å²) in [6, 6.07) is 6.28. The predicted octanol–water partition coefficient (Wildman–Crippen LogP) is 0.773. The van der Waals surface area contributed by atoms with Crippen LogP contribution in [-0.2, 0) is 19.9 Å². The molecule has 1 unspecified atom stereocenters. The number of fused-ring (bicyclic) bond motifs is 4. The minimum absolute atomic E-state index is 0.0514. The van der Waals surface area contributed by atoms with Gasteiger partial charge in [0.25, 0.3) is 5.91 Å². The van der Waals surface area contributed by atoms with Crippen molar-refractivity contribution < 1.29 is 19.2 Å². The third kappa shape index (κ3) is 1.83. The van der Waals surface area contributed by atoms with Gasteiger partial charge in [-0.2, -0.15) is 0 Å². The van der Waals surface area contributed by atoms with Gasteiger partial charge in [0, 0.05) is 24.8 Å². The average molecular weight is 315 g/mol. The second kappa shape index (κ2) is 5.06. The minimum atomic E-state index is -0.611. The van der Waals surface area contributed by atoms with Crippen molar-refractivity contribution in [3.05, 3.63) is 29.3 Å². The molecule has 1 amide bonds. The minimum Gasteiger partial charge on any atom is -0.466 e. The van der Waals surface area contributed by atoms with E-state index in [1.165, 1.54) is 4.90 Å². The van der Waals surface area contributed by atoms with E-state index in [-0.39, 0.29) is 23.8 Å². The van der Waals surface area contributed by atoms with Crippen molar-refractivity contribution >= 4 is 17.6 Å². The smallest absolute Gasteiger partial charge is 0.315 e. The summed E-state index contributed by atoms with van der Waals surface area (Å²) in [6.45, 7) is 5.20. The number of quaternary nitrogens is 1. The summed E-state index contributed by atoms with van der Waals surface area (Å²) >= 11 is 0. The number of hydrogen-bond acceptors (Lipinski definition) is 3. The van der Waals surface area contributed by atoms with Gasteiger partial charge < -0.3 is 15.0 Å². The fraction of sp³-hybridized carbons (Fsp3) is 0.556. The van der Waals surface area contributed by atoms with Crippen molar-refractivity contribution in [2.75, 3.05) is 18.5 Å². The molecular weight excluding hydrogens is 292 g/mol. The lowest BCUT2D eigenvalue weighted by molar-refractivity contribution is -0.947. The Hall–Kier alpha value is -1.88. The van der Waals surface area contributed by atoms with Crippen LogP contribution in [0.2, 0.25) is 0 Å². The van der Waals surface area contributed by atoms with Gasteiger partial charge in [-0.05, 0) is 19.4 Å². The molecule has 0 aromatic heterocycles. The zero-order valence-electron chi connectivity index (χ0n) is 13.6. The normalized spacial score (nSPS) is 34.3. The molecule has 5 nitrogen and oxygen atoms in total. The first-order chi connectivity index (χ1) is 11.1. The summed E-state index contributed by atoms with van der Waals surface area (Å²) in [5, 5.41) is 3.09. The molecule has 2 fully saturated rings. The number of esters is 1. The highest BCUT2D eigenvalue weighted by atomic mass is 16.5. The maximum Gasteiger partial charge on any atom is 0.315 e. The molecule has 1 aromatic rings. The van der Waals surface area contributed by atoms with Crippen molar-refractivity contribution in [2.45, 2.75) is 44.7 Å². The van der Waals surface area contributed by atoms with E-state index in [4.69, 9.17) is 4.74 Å². The average Bonchev–Trinajstić information content (AvgIpc) is 3.17. The van der Waals surface area contributed by atoms with Crippen LogP contribution in [0.4, 0.5) is 5.69 Å². The Kier molecular flexibility index (Phi) is 3.23. The molecule has 3 heterocycles. The third-order valence-corrected chi connectivity index (χ3v) is 5.92. The van der Waals surface area contributed by atoms with Crippen LogP contribution in [0.3, 0.4) is 0 Å². The van der Waals surface area contributed by atoms with Crippen LogP contribution in [0, 0.1) is 12.8 Å². The zero-order valence-corrected chi connectivity index (χ0v) is 13.6. The van der Waals surface area contributed by atoms with Gasteiger partial charge in [-0.1, -0.05) is 18.2 Å². The molecule has 3 aliphatic rings. The van der Waals surface area contributed by atoms with Crippen LogP contribution in [0.15, 0.2) is 18.2 Å². The number of amides is 1. The van der Waals surface area contributed by atoms with Crippen LogP contribution < -0.4 is 10.2 Å². The first-order valence-electron chi connectivity index (χ1n) is 8.54. The Morgan fingerprint density at radius 3 is 3.09 bits per heavy atom. The lowest BCUT2D eigenvalue weighted by Gasteiger charge is -2.29. The van der Waals surface area contributed by atoms with Crippen LogP contribution in [-0.4, -0.2) is 31.1 Å². The standard InChI is InChI=1S/C18H22N2O3/c1-3-23-16(21)12-10-18(20-9-5-8-14(12)20)13-7-4-6-11(2)15(13)19-17(18)22/h4,6-7,12,14H,3,5,8-10H2,1-2H3,(H,19,22)/p+1/t12-,14+,18-/m0/s1. The zero-order chi connectivity index (χ0) is 16.2. The van der Waals surface area contributed by atoms with E-state index in [0.29, 0.717) is 13.0 Å². The van der Waals surface area contributed by atoms with Crippen molar-refractivity contribution in [2.24, 2.45) is 5.92 Å². The predicted molar refractivity (Wildman–Crippen MR) is 85.1 cm³/mol.